The molecule has 0 aromatic heterocycles. The van der Waals surface area contributed by atoms with Gasteiger partial charge in [-0.3, -0.25) is 4.79 Å². The van der Waals surface area contributed by atoms with Crippen LogP contribution in [0.5, 0.6) is 0 Å². The van der Waals surface area contributed by atoms with E-state index in [4.69, 9.17) is 10.7 Å². The fourth-order valence-corrected chi connectivity index (χ4v) is 2.94. The molecule has 1 aromatic carbocycles. The Bertz CT molecular complexity index is 658. The molecule has 0 saturated heterocycles. The van der Waals surface area contributed by atoms with Gasteiger partial charge in [-0.2, -0.15) is 0 Å². The van der Waals surface area contributed by atoms with Gasteiger partial charge in [-0.1, -0.05) is 0 Å². The van der Waals surface area contributed by atoms with Crippen molar-refractivity contribution in [3.05, 3.63) is 28.0 Å². The first-order valence-corrected chi connectivity index (χ1v) is 8.49. The minimum absolute atomic E-state index is 0.0359. The first kappa shape index (κ1) is 14.7. The maximum atomic E-state index is 13.5. The lowest BCUT2D eigenvalue weighted by atomic mass is 10.2. The van der Waals surface area contributed by atoms with Crippen LogP contribution in [0, 0.1) is 5.82 Å². The molecule has 1 amide bonds. The van der Waals surface area contributed by atoms with Crippen molar-refractivity contribution in [1.82, 2.24) is 5.32 Å². The molecular formula is C11H10BrClFNO3S. The summed E-state index contributed by atoms with van der Waals surface area (Å²) in [6, 6.07) is 1.85. The molecular weight excluding hydrogens is 361 g/mol. The van der Waals surface area contributed by atoms with Crippen LogP contribution in [0.15, 0.2) is 21.5 Å². The maximum Gasteiger partial charge on any atom is 0.264 e. The van der Waals surface area contributed by atoms with Gasteiger partial charge in [-0.05, 0) is 47.8 Å². The van der Waals surface area contributed by atoms with Crippen LogP contribution in [-0.2, 0) is 9.05 Å². The van der Waals surface area contributed by atoms with Gasteiger partial charge < -0.3 is 5.32 Å². The molecule has 0 radical (unpaired) electrons. The quantitative estimate of drug-likeness (QED) is 0.832. The average Bonchev–Trinajstić information content (AvgIpc) is 2.93. The largest absolute Gasteiger partial charge is 0.347 e. The third-order valence-electron chi connectivity index (χ3n) is 2.94. The van der Waals surface area contributed by atoms with Crippen molar-refractivity contribution in [3.63, 3.8) is 0 Å². The van der Waals surface area contributed by atoms with Crippen LogP contribution < -0.4 is 5.32 Å². The summed E-state index contributed by atoms with van der Waals surface area (Å²) in [5, 5.41) is 2.76. The molecule has 0 heterocycles. The van der Waals surface area contributed by atoms with Gasteiger partial charge in [0, 0.05) is 20.7 Å². The Hall–Kier alpha value is -0.660. The van der Waals surface area contributed by atoms with E-state index >= 15 is 0 Å². The maximum absolute atomic E-state index is 13.5. The zero-order chi connectivity index (χ0) is 14.4. The predicted octanol–water partition coefficient (Wildman–Crippen LogP) is 2.80. The molecule has 1 saturated carbocycles. The third-order valence-corrected chi connectivity index (χ3v) is 4.94. The van der Waals surface area contributed by atoms with Gasteiger partial charge in [0.2, 0.25) is 0 Å². The van der Waals surface area contributed by atoms with E-state index in [2.05, 4.69) is 21.2 Å². The highest BCUT2D eigenvalue weighted by Gasteiger charge is 2.39. The number of amides is 1. The molecule has 19 heavy (non-hydrogen) atoms. The normalized spacial score (nSPS) is 17.1. The van der Waals surface area contributed by atoms with E-state index in [0.717, 1.165) is 25.0 Å². The summed E-state index contributed by atoms with van der Waals surface area (Å²) in [4.78, 5) is 11.3. The molecule has 1 aliphatic carbocycles. The van der Waals surface area contributed by atoms with E-state index in [9.17, 15) is 17.6 Å². The van der Waals surface area contributed by atoms with Gasteiger partial charge in [0.1, 0.15) is 10.7 Å². The van der Waals surface area contributed by atoms with Crippen LogP contribution in [-0.4, -0.2) is 19.9 Å². The van der Waals surface area contributed by atoms with Gasteiger partial charge in [-0.15, -0.1) is 0 Å². The van der Waals surface area contributed by atoms with Crippen LogP contribution in [0.2, 0.25) is 0 Å². The Morgan fingerprint density at radius 2 is 2.05 bits per heavy atom. The summed E-state index contributed by atoms with van der Waals surface area (Å²) < 4.78 is 36.1. The van der Waals surface area contributed by atoms with Crippen molar-refractivity contribution < 1.29 is 17.6 Å². The molecule has 0 aliphatic heterocycles. The minimum atomic E-state index is -4.24. The Balaban J connectivity index is 2.43. The fraction of sp³-hybridized carbons (Fsp3) is 0.364. The highest BCUT2D eigenvalue weighted by molar-refractivity contribution is 9.10. The summed E-state index contributed by atoms with van der Waals surface area (Å²) in [5.41, 5.74) is -0.223. The smallest absolute Gasteiger partial charge is 0.264 e. The number of hydrogen-bond acceptors (Lipinski definition) is 3. The summed E-state index contributed by atoms with van der Waals surface area (Å²) in [5.74, 6) is -1.47. The molecule has 1 N–H and O–H groups in total. The Kier molecular flexibility index (Phi) is 3.66. The van der Waals surface area contributed by atoms with Crippen molar-refractivity contribution in [2.75, 3.05) is 0 Å². The highest BCUT2D eigenvalue weighted by atomic mass is 79.9. The molecule has 0 bridgehead atoms. The topological polar surface area (TPSA) is 63.2 Å². The molecule has 0 atom stereocenters. The molecule has 2 rings (SSSR count). The number of halogens is 3. The highest BCUT2D eigenvalue weighted by Crippen LogP contribution is 2.35. The fourth-order valence-electron chi connectivity index (χ4n) is 1.54. The van der Waals surface area contributed by atoms with E-state index in [-0.39, 0.29) is 15.6 Å². The van der Waals surface area contributed by atoms with Gasteiger partial charge in [0.15, 0.2) is 0 Å². The molecule has 1 aromatic rings. The SMILES string of the molecule is CC1(NC(=O)c2cc(S(=O)(=O)Cl)c(F)cc2Br)CC1. The standard InChI is InChI=1S/C11H10BrClFNO3S/c1-11(2-3-11)15-10(16)6-4-9(19(13,17)18)8(14)5-7(6)12/h4-5H,2-3H2,1H3,(H,15,16). The molecule has 4 nitrogen and oxygen atoms in total. The summed E-state index contributed by atoms with van der Waals surface area (Å²) in [7, 11) is 0.886. The lowest BCUT2D eigenvalue weighted by Gasteiger charge is -2.13. The molecule has 104 valence electrons. The molecule has 1 fully saturated rings. The number of hydrogen-bond donors (Lipinski definition) is 1. The molecule has 8 heteroatoms. The monoisotopic (exact) mass is 369 g/mol. The van der Waals surface area contributed by atoms with Crippen molar-refractivity contribution in [1.29, 1.82) is 0 Å². The van der Waals surface area contributed by atoms with Crippen molar-refractivity contribution in [2.45, 2.75) is 30.2 Å². The predicted molar refractivity (Wildman–Crippen MR) is 72.2 cm³/mol. The van der Waals surface area contributed by atoms with Gasteiger partial charge in [-0.25, -0.2) is 12.8 Å². The second-order valence-electron chi connectivity index (χ2n) is 4.72. The Labute approximate surface area is 122 Å². The van der Waals surface area contributed by atoms with Crippen molar-refractivity contribution >= 4 is 41.6 Å². The Morgan fingerprint density at radius 3 is 2.53 bits per heavy atom. The van der Waals surface area contributed by atoms with Crippen molar-refractivity contribution in [2.24, 2.45) is 0 Å². The number of benzene rings is 1. The number of carbonyl (C=O) groups excluding carboxylic acids is 1. The zero-order valence-electron chi connectivity index (χ0n) is 9.84. The number of nitrogens with one attached hydrogen (secondary N) is 1. The molecule has 1 aliphatic rings. The van der Waals surface area contributed by atoms with E-state index in [0.29, 0.717) is 0 Å². The second kappa shape index (κ2) is 4.71. The van der Waals surface area contributed by atoms with Crippen LogP contribution in [0.3, 0.4) is 0 Å². The zero-order valence-corrected chi connectivity index (χ0v) is 13.0. The molecule has 0 unspecified atom stereocenters. The van der Waals surface area contributed by atoms with Crippen LogP contribution >= 0.6 is 26.6 Å². The first-order valence-electron chi connectivity index (χ1n) is 5.39. The van der Waals surface area contributed by atoms with Crippen LogP contribution in [0.25, 0.3) is 0 Å². The van der Waals surface area contributed by atoms with Crippen molar-refractivity contribution in [3.8, 4) is 0 Å². The number of rotatable bonds is 3. The Morgan fingerprint density at radius 1 is 1.47 bits per heavy atom. The first-order chi connectivity index (χ1) is 8.62. The van der Waals surface area contributed by atoms with E-state index in [1.54, 1.807) is 0 Å². The van der Waals surface area contributed by atoms with Crippen LogP contribution in [0.1, 0.15) is 30.1 Å². The average molecular weight is 371 g/mol. The summed E-state index contributed by atoms with van der Waals surface area (Å²) in [6.07, 6.45) is 1.72. The molecule has 0 spiro atoms. The van der Waals surface area contributed by atoms with E-state index in [1.807, 2.05) is 6.92 Å². The van der Waals surface area contributed by atoms with Crippen LogP contribution in [0.4, 0.5) is 4.39 Å². The lowest BCUT2D eigenvalue weighted by molar-refractivity contribution is 0.0934. The second-order valence-corrected chi connectivity index (χ2v) is 8.10. The van der Waals surface area contributed by atoms with Gasteiger partial charge in [0.25, 0.3) is 15.0 Å². The minimum Gasteiger partial charge on any atom is -0.347 e. The summed E-state index contributed by atoms with van der Waals surface area (Å²) >= 11 is 3.04. The number of carbonyl (C=O) groups is 1. The van der Waals surface area contributed by atoms with E-state index < -0.39 is 25.7 Å². The summed E-state index contributed by atoms with van der Waals surface area (Å²) in [6.45, 7) is 1.88. The third kappa shape index (κ3) is 3.27. The van der Waals surface area contributed by atoms with E-state index in [1.165, 1.54) is 0 Å². The van der Waals surface area contributed by atoms with Gasteiger partial charge in [0.05, 0.1) is 5.56 Å². The van der Waals surface area contributed by atoms with Gasteiger partial charge >= 0.3 is 0 Å². The lowest BCUT2D eigenvalue weighted by Crippen LogP contribution is -2.34.